The molecule has 0 bridgehead atoms. The lowest BCUT2D eigenvalue weighted by molar-refractivity contribution is -0.127. The van der Waals surface area contributed by atoms with Crippen LogP contribution in [0.3, 0.4) is 0 Å². The number of halogens is 1. The van der Waals surface area contributed by atoms with Crippen molar-refractivity contribution in [3.63, 3.8) is 0 Å². The largest absolute Gasteiger partial charge is 0.352 e. The Kier molecular flexibility index (Phi) is 7.53. The summed E-state index contributed by atoms with van der Waals surface area (Å²) in [6, 6.07) is 6.77. The number of hydrogen-bond donors (Lipinski definition) is 1. The highest BCUT2D eigenvalue weighted by atomic mass is 79.9. The third kappa shape index (κ3) is 5.34. The Morgan fingerprint density at radius 3 is 2.18 bits per heavy atom. The van der Waals surface area contributed by atoms with Gasteiger partial charge < -0.3 is 5.32 Å². The van der Waals surface area contributed by atoms with E-state index < -0.39 is 10.0 Å². The fraction of sp³-hybridized carbons (Fsp3) is 0.650. The lowest BCUT2D eigenvalue weighted by Crippen LogP contribution is -2.55. The van der Waals surface area contributed by atoms with E-state index in [1.54, 1.807) is 24.3 Å². The van der Waals surface area contributed by atoms with Crippen LogP contribution in [0.1, 0.15) is 45.4 Å². The molecule has 1 unspecified atom stereocenters. The van der Waals surface area contributed by atoms with Crippen molar-refractivity contribution >= 4 is 31.9 Å². The highest BCUT2D eigenvalue weighted by Gasteiger charge is 2.32. The standard InChI is InChI=1S/C20H30BrN3O3S/c1-16(20(25)22-18-6-4-2-3-5-7-18)23-12-14-24(15-13-23)28(26,27)19-10-8-17(21)9-11-19/h8-11,16,18H,2-7,12-15H2,1H3,(H,22,25). The maximum absolute atomic E-state index is 12.8. The molecule has 1 aliphatic heterocycles. The van der Waals surface area contributed by atoms with E-state index in [0.29, 0.717) is 31.1 Å². The molecule has 1 aromatic rings. The van der Waals surface area contributed by atoms with Crippen LogP contribution >= 0.6 is 15.9 Å². The number of amides is 1. The zero-order valence-corrected chi connectivity index (χ0v) is 18.8. The zero-order valence-electron chi connectivity index (χ0n) is 16.4. The Morgan fingerprint density at radius 1 is 1.04 bits per heavy atom. The molecule has 156 valence electrons. The van der Waals surface area contributed by atoms with Gasteiger partial charge in [-0.05, 0) is 44.0 Å². The number of nitrogens with zero attached hydrogens (tertiary/aromatic N) is 2. The van der Waals surface area contributed by atoms with Gasteiger partial charge in [0.25, 0.3) is 0 Å². The fourth-order valence-electron chi connectivity index (χ4n) is 4.00. The first kappa shape index (κ1) is 21.7. The number of carbonyl (C=O) groups is 1. The van der Waals surface area contributed by atoms with E-state index in [1.165, 1.54) is 30.0 Å². The second-order valence-electron chi connectivity index (χ2n) is 7.77. The quantitative estimate of drug-likeness (QED) is 0.670. The summed E-state index contributed by atoms with van der Waals surface area (Å²) in [5, 5.41) is 3.21. The highest BCUT2D eigenvalue weighted by molar-refractivity contribution is 9.10. The molecular weight excluding hydrogens is 442 g/mol. The van der Waals surface area contributed by atoms with Crippen LogP contribution in [0.15, 0.2) is 33.6 Å². The molecular formula is C20H30BrN3O3S. The van der Waals surface area contributed by atoms with E-state index in [4.69, 9.17) is 0 Å². The smallest absolute Gasteiger partial charge is 0.243 e. The van der Waals surface area contributed by atoms with E-state index in [-0.39, 0.29) is 18.0 Å². The molecule has 1 saturated carbocycles. The lowest BCUT2D eigenvalue weighted by Gasteiger charge is -2.37. The summed E-state index contributed by atoms with van der Waals surface area (Å²) in [6.45, 7) is 3.85. The van der Waals surface area contributed by atoms with Gasteiger partial charge in [-0.1, -0.05) is 41.6 Å². The molecule has 2 fully saturated rings. The first-order valence-electron chi connectivity index (χ1n) is 10.2. The average Bonchev–Trinajstić information content (AvgIpc) is 2.96. The minimum absolute atomic E-state index is 0.0658. The van der Waals surface area contributed by atoms with Gasteiger partial charge in [0.2, 0.25) is 15.9 Å². The van der Waals surface area contributed by atoms with Crippen LogP contribution in [-0.2, 0) is 14.8 Å². The summed E-state index contributed by atoms with van der Waals surface area (Å²) in [4.78, 5) is 15.1. The van der Waals surface area contributed by atoms with Crippen LogP contribution in [0.25, 0.3) is 0 Å². The van der Waals surface area contributed by atoms with Crippen molar-refractivity contribution in [3.05, 3.63) is 28.7 Å². The lowest BCUT2D eigenvalue weighted by atomic mass is 10.1. The van der Waals surface area contributed by atoms with Crippen LogP contribution in [-0.4, -0.2) is 61.8 Å². The monoisotopic (exact) mass is 471 g/mol. The number of nitrogens with one attached hydrogen (secondary N) is 1. The van der Waals surface area contributed by atoms with Crippen molar-refractivity contribution in [2.45, 2.75) is 62.4 Å². The molecule has 8 heteroatoms. The van der Waals surface area contributed by atoms with Gasteiger partial charge in [0.05, 0.1) is 10.9 Å². The molecule has 1 heterocycles. The van der Waals surface area contributed by atoms with E-state index in [2.05, 4.69) is 26.1 Å². The maximum Gasteiger partial charge on any atom is 0.243 e. The Balaban J connectivity index is 1.53. The van der Waals surface area contributed by atoms with Gasteiger partial charge in [-0.3, -0.25) is 9.69 Å². The van der Waals surface area contributed by atoms with Gasteiger partial charge in [-0.2, -0.15) is 4.31 Å². The van der Waals surface area contributed by atoms with Gasteiger partial charge in [-0.15, -0.1) is 0 Å². The molecule has 1 aliphatic carbocycles. The van der Waals surface area contributed by atoms with E-state index in [0.717, 1.165) is 17.3 Å². The van der Waals surface area contributed by atoms with Crippen molar-refractivity contribution in [1.82, 2.24) is 14.5 Å². The Bertz CT molecular complexity index is 753. The summed E-state index contributed by atoms with van der Waals surface area (Å²) >= 11 is 3.33. The summed E-state index contributed by atoms with van der Waals surface area (Å²) in [6.07, 6.45) is 7.03. The van der Waals surface area contributed by atoms with Crippen molar-refractivity contribution in [2.75, 3.05) is 26.2 Å². The number of hydrogen-bond acceptors (Lipinski definition) is 4. The van der Waals surface area contributed by atoms with Gasteiger partial charge in [0.1, 0.15) is 0 Å². The summed E-state index contributed by atoms with van der Waals surface area (Å²) in [7, 11) is -3.49. The second kappa shape index (κ2) is 9.69. The van der Waals surface area contributed by atoms with Gasteiger partial charge >= 0.3 is 0 Å². The summed E-state index contributed by atoms with van der Waals surface area (Å²) in [5.41, 5.74) is 0. The summed E-state index contributed by atoms with van der Waals surface area (Å²) < 4.78 is 28.0. The second-order valence-corrected chi connectivity index (χ2v) is 10.6. The first-order valence-corrected chi connectivity index (χ1v) is 12.4. The first-order chi connectivity index (χ1) is 13.4. The number of sulfonamides is 1. The van der Waals surface area contributed by atoms with Crippen LogP contribution in [0, 0.1) is 0 Å². The van der Waals surface area contributed by atoms with E-state index in [1.807, 2.05) is 6.92 Å². The molecule has 1 N–H and O–H groups in total. The number of benzene rings is 1. The Hall–Kier alpha value is -0.960. The van der Waals surface area contributed by atoms with E-state index in [9.17, 15) is 13.2 Å². The van der Waals surface area contributed by atoms with Crippen LogP contribution < -0.4 is 5.32 Å². The molecule has 3 rings (SSSR count). The maximum atomic E-state index is 12.8. The highest BCUT2D eigenvalue weighted by Crippen LogP contribution is 2.21. The molecule has 2 aliphatic rings. The molecule has 1 saturated heterocycles. The van der Waals surface area contributed by atoms with Crippen molar-refractivity contribution in [1.29, 1.82) is 0 Å². The van der Waals surface area contributed by atoms with Crippen molar-refractivity contribution in [3.8, 4) is 0 Å². The summed E-state index contributed by atoms with van der Waals surface area (Å²) in [5.74, 6) is 0.0658. The molecule has 1 aromatic carbocycles. The normalized spacial score (nSPS) is 21.8. The van der Waals surface area contributed by atoms with Gasteiger partial charge in [0.15, 0.2) is 0 Å². The Labute approximate surface area is 176 Å². The fourth-order valence-corrected chi connectivity index (χ4v) is 5.68. The number of rotatable bonds is 5. The molecule has 0 spiro atoms. The molecule has 0 aromatic heterocycles. The molecule has 28 heavy (non-hydrogen) atoms. The van der Waals surface area contributed by atoms with Crippen molar-refractivity contribution < 1.29 is 13.2 Å². The van der Waals surface area contributed by atoms with Crippen LogP contribution in [0.5, 0.6) is 0 Å². The molecule has 0 radical (unpaired) electrons. The topological polar surface area (TPSA) is 69.7 Å². The average molecular weight is 472 g/mol. The zero-order chi connectivity index (χ0) is 20.1. The molecule has 1 atom stereocenters. The minimum Gasteiger partial charge on any atom is -0.352 e. The van der Waals surface area contributed by atoms with Crippen LogP contribution in [0.4, 0.5) is 0 Å². The van der Waals surface area contributed by atoms with Crippen molar-refractivity contribution in [2.24, 2.45) is 0 Å². The predicted molar refractivity (Wildman–Crippen MR) is 114 cm³/mol. The number of carbonyl (C=O) groups excluding carboxylic acids is 1. The molecule has 1 amide bonds. The van der Waals surface area contributed by atoms with E-state index >= 15 is 0 Å². The SMILES string of the molecule is CC(C(=O)NC1CCCCCC1)N1CCN(S(=O)(=O)c2ccc(Br)cc2)CC1. The number of piperazine rings is 1. The molecule has 6 nitrogen and oxygen atoms in total. The van der Waals surface area contributed by atoms with Gasteiger partial charge in [-0.25, -0.2) is 8.42 Å². The van der Waals surface area contributed by atoms with Crippen LogP contribution in [0.2, 0.25) is 0 Å². The Morgan fingerprint density at radius 2 is 1.61 bits per heavy atom. The predicted octanol–water partition coefficient (Wildman–Crippen LogP) is 2.98. The third-order valence-corrected chi connectivity index (χ3v) is 8.29. The van der Waals surface area contributed by atoms with Gasteiger partial charge in [0, 0.05) is 36.7 Å². The third-order valence-electron chi connectivity index (χ3n) is 5.85. The minimum atomic E-state index is -3.49.